The zero-order chi connectivity index (χ0) is 13.8. The Bertz CT molecular complexity index is 585. The predicted molar refractivity (Wildman–Crippen MR) is 79.2 cm³/mol. The average molecular weight is 318 g/mol. The summed E-state index contributed by atoms with van der Waals surface area (Å²) in [7, 11) is 0. The first-order chi connectivity index (χ1) is 9.11. The van der Waals surface area contributed by atoms with E-state index < -0.39 is 0 Å². The molecule has 0 aliphatic rings. The van der Waals surface area contributed by atoms with Crippen molar-refractivity contribution in [2.75, 3.05) is 6.61 Å². The molecule has 2 rings (SSSR count). The lowest BCUT2D eigenvalue weighted by Gasteiger charge is -2.13. The number of rotatable bonds is 4. The lowest BCUT2D eigenvalue weighted by Crippen LogP contribution is -1.95. The first-order valence-electron chi connectivity index (χ1n) is 5.66. The van der Waals surface area contributed by atoms with Gasteiger partial charge in [-0.05, 0) is 31.2 Å². The topological polar surface area (TPSA) is 18.5 Å². The Morgan fingerprint density at radius 1 is 0.947 bits per heavy atom. The maximum Gasteiger partial charge on any atom is 0.169 e. The molecule has 100 valence electrons. The SMILES string of the molecule is CCOc1cc(Cl)ccc1Oc1cccc(Cl)c1Cl. The van der Waals surface area contributed by atoms with Gasteiger partial charge in [-0.3, -0.25) is 0 Å². The van der Waals surface area contributed by atoms with Gasteiger partial charge in [-0.15, -0.1) is 0 Å². The third kappa shape index (κ3) is 3.47. The third-order valence-electron chi connectivity index (χ3n) is 2.34. The number of halogens is 3. The van der Waals surface area contributed by atoms with E-state index in [1.54, 1.807) is 36.4 Å². The van der Waals surface area contributed by atoms with Gasteiger partial charge in [-0.2, -0.15) is 0 Å². The molecule has 2 aromatic rings. The molecule has 0 aromatic heterocycles. The molecule has 0 amide bonds. The van der Waals surface area contributed by atoms with Gasteiger partial charge in [0.15, 0.2) is 11.5 Å². The fourth-order valence-corrected chi connectivity index (χ4v) is 2.01. The predicted octanol–water partition coefficient (Wildman–Crippen LogP) is 5.84. The number of hydrogen-bond donors (Lipinski definition) is 0. The average Bonchev–Trinajstić information content (AvgIpc) is 2.38. The summed E-state index contributed by atoms with van der Waals surface area (Å²) in [6.45, 7) is 2.40. The standard InChI is InChI=1S/C14H11Cl3O2/c1-2-18-13-8-9(15)6-7-11(13)19-12-5-3-4-10(16)14(12)17/h3-8H,2H2,1H3. The summed E-state index contributed by atoms with van der Waals surface area (Å²) >= 11 is 18.0. The van der Waals surface area contributed by atoms with Gasteiger partial charge < -0.3 is 9.47 Å². The molecule has 0 spiro atoms. The minimum Gasteiger partial charge on any atom is -0.490 e. The summed E-state index contributed by atoms with van der Waals surface area (Å²) in [4.78, 5) is 0. The van der Waals surface area contributed by atoms with Crippen LogP contribution >= 0.6 is 34.8 Å². The van der Waals surface area contributed by atoms with Crippen molar-refractivity contribution in [2.45, 2.75) is 6.92 Å². The van der Waals surface area contributed by atoms with E-state index in [4.69, 9.17) is 44.3 Å². The molecule has 5 heteroatoms. The van der Waals surface area contributed by atoms with Crippen LogP contribution in [0.2, 0.25) is 15.1 Å². The van der Waals surface area contributed by atoms with E-state index in [2.05, 4.69) is 0 Å². The van der Waals surface area contributed by atoms with Crippen molar-refractivity contribution < 1.29 is 9.47 Å². The molecule has 0 bridgehead atoms. The Morgan fingerprint density at radius 2 is 1.74 bits per heavy atom. The Morgan fingerprint density at radius 3 is 2.47 bits per heavy atom. The van der Waals surface area contributed by atoms with Gasteiger partial charge in [0.25, 0.3) is 0 Å². The summed E-state index contributed by atoms with van der Waals surface area (Å²) in [5.41, 5.74) is 0. The van der Waals surface area contributed by atoms with E-state index in [9.17, 15) is 0 Å². The van der Waals surface area contributed by atoms with Crippen LogP contribution in [0.3, 0.4) is 0 Å². The number of benzene rings is 2. The summed E-state index contributed by atoms with van der Waals surface area (Å²) < 4.78 is 11.2. The molecule has 0 heterocycles. The van der Waals surface area contributed by atoms with Crippen molar-refractivity contribution in [2.24, 2.45) is 0 Å². The zero-order valence-corrected chi connectivity index (χ0v) is 12.4. The van der Waals surface area contributed by atoms with Gasteiger partial charge in [-0.25, -0.2) is 0 Å². The van der Waals surface area contributed by atoms with Gasteiger partial charge in [0, 0.05) is 11.1 Å². The maximum atomic E-state index is 6.08. The smallest absolute Gasteiger partial charge is 0.169 e. The molecule has 19 heavy (non-hydrogen) atoms. The first-order valence-corrected chi connectivity index (χ1v) is 6.79. The zero-order valence-electron chi connectivity index (χ0n) is 10.1. The highest BCUT2D eigenvalue weighted by atomic mass is 35.5. The van der Waals surface area contributed by atoms with Crippen LogP contribution in [0.5, 0.6) is 17.2 Å². The Balaban J connectivity index is 2.35. The van der Waals surface area contributed by atoms with Gasteiger partial charge in [0.1, 0.15) is 10.8 Å². The van der Waals surface area contributed by atoms with Crippen molar-refractivity contribution in [3.8, 4) is 17.2 Å². The van der Waals surface area contributed by atoms with Crippen molar-refractivity contribution in [1.82, 2.24) is 0 Å². The molecular weight excluding hydrogens is 307 g/mol. The van der Waals surface area contributed by atoms with Crippen LogP contribution in [0.25, 0.3) is 0 Å². The van der Waals surface area contributed by atoms with E-state index in [-0.39, 0.29) is 0 Å². The summed E-state index contributed by atoms with van der Waals surface area (Å²) in [6.07, 6.45) is 0. The molecule has 2 nitrogen and oxygen atoms in total. The van der Waals surface area contributed by atoms with Gasteiger partial charge in [0.05, 0.1) is 11.6 Å². The first kappa shape index (κ1) is 14.3. The second kappa shape index (κ2) is 6.38. The monoisotopic (exact) mass is 316 g/mol. The minimum atomic E-state index is 0.363. The molecule has 2 aromatic carbocycles. The molecule has 0 saturated carbocycles. The normalized spacial score (nSPS) is 10.3. The van der Waals surface area contributed by atoms with E-state index >= 15 is 0 Å². The largest absolute Gasteiger partial charge is 0.490 e. The van der Waals surface area contributed by atoms with E-state index in [0.717, 1.165) is 0 Å². The minimum absolute atomic E-state index is 0.363. The fraction of sp³-hybridized carbons (Fsp3) is 0.143. The lowest BCUT2D eigenvalue weighted by molar-refractivity contribution is 0.321. The van der Waals surface area contributed by atoms with Gasteiger partial charge >= 0.3 is 0 Å². The van der Waals surface area contributed by atoms with Crippen molar-refractivity contribution in [1.29, 1.82) is 0 Å². The molecule has 0 atom stereocenters. The molecule has 0 aliphatic carbocycles. The van der Waals surface area contributed by atoms with Gasteiger partial charge in [0.2, 0.25) is 0 Å². The van der Waals surface area contributed by atoms with Crippen LogP contribution in [-0.4, -0.2) is 6.61 Å². The van der Waals surface area contributed by atoms with Crippen molar-refractivity contribution in [3.05, 3.63) is 51.5 Å². The second-order valence-corrected chi connectivity index (χ2v) is 4.90. The molecular formula is C14H11Cl3O2. The summed E-state index contributed by atoms with van der Waals surface area (Å²) in [6, 6.07) is 10.3. The summed E-state index contributed by atoms with van der Waals surface area (Å²) in [5, 5.41) is 1.38. The molecule has 0 saturated heterocycles. The number of ether oxygens (including phenoxy) is 2. The maximum absolute atomic E-state index is 6.08. The molecule has 0 fully saturated rings. The molecule has 0 unspecified atom stereocenters. The van der Waals surface area contributed by atoms with Crippen LogP contribution in [0.15, 0.2) is 36.4 Å². The van der Waals surface area contributed by atoms with Crippen molar-refractivity contribution in [3.63, 3.8) is 0 Å². The van der Waals surface area contributed by atoms with Gasteiger partial charge in [-0.1, -0.05) is 40.9 Å². The number of hydrogen-bond acceptors (Lipinski definition) is 2. The Labute approximate surface area is 126 Å². The van der Waals surface area contributed by atoms with E-state index in [1.165, 1.54) is 0 Å². The van der Waals surface area contributed by atoms with Crippen molar-refractivity contribution >= 4 is 34.8 Å². The van der Waals surface area contributed by atoms with Crippen LogP contribution in [0, 0.1) is 0 Å². The molecule has 0 aliphatic heterocycles. The van der Waals surface area contributed by atoms with E-state index in [1.807, 2.05) is 6.92 Å². The second-order valence-electron chi connectivity index (χ2n) is 3.68. The van der Waals surface area contributed by atoms with Crippen LogP contribution in [-0.2, 0) is 0 Å². The van der Waals surface area contributed by atoms with Crippen LogP contribution < -0.4 is 9.47 Å². The third-order valence-corrected chi connectivity index (χ3v) is 3.38. The summed E-state index contributed by atoms with van der Waals surface area (Å²) in [5.74, 6) is 1.57. The quantitative estimate of drug-likeness (QED) is 0.705. The van der Waals surface area contributed by atoms with Crippen LogP contribution in [0.1, 0.15) is 6.92 Å². The Hall–Kier alpha value is -1.09. The highest BCUT2D eigenvalue weighted by Gasteiger charge is 2.11. The van der Waals surface area contributed by atoms with Crippen LogP contribution in [0.4, 0.5) is 0 Å². The highest BCUT2D eigenvalue weighted by molar-refractivity contribution is 6.42. The molecule has 0 radical (unpaired) electrons. The highest BCUT2D eigenvalue weighted by Crippen LogP contribution is 2.38. The fourth-order valence-electron chi connectivity index (χ4n) is 1.52. The molecule has 0 N–H and O–H groups in total. The Kier molecular flexibility index (Phi) is 4.81. The van der Waals surface area contributed by atoms with E-state index in [0.29, 0.717) is 38.9 Å². The lowest BCUT2D eigenvalue weighted by atomic mass is 10.3.